The zero-order valence-corrected chi connectivity index (χ0v) is 29.3. The van der Waals surface area contributed by atoms with Crippen molar-refractivity contribution in [3.63, 3.8) is 0 Å². The van der Waals surface area contributed by atoms with Gasteiger partial charge in [0.15, 0.2) is 7.38 Å². The van der Waals surface area contributed by atoms with Gasteiger partial charge >= 0.3 is 11.4 Å². The van der Waals surface area contributed by atoms with Crippen LogP contribution in [0.15, 0.2) is 59.4 Å². The molecule has 0 saturated carbocycles. The Morgan fingerprint density at radius 1 is 0.935 bits per heavy atom. The Labute approximate surface area is 275 Å². The second kappa shape index (κ2) is 17.9. The van der Waals surface area contributed by atoms with Gasteiger partial charge in [-0.3, -0.25) is 9.13 Å². The van der Waals surface area contributed by atoms with Crippen LogP contribution in [0.1, 0.15) is 59.4 Å². The molecule has 46 heavy (non-hydrogen) atoms. The van der Waals surface area contributed by atoms with Crippen LogP contribution < -0.4 is 20.9 Å². The van der Waals surface area contributed by atoms with Crippen molar-refractivity contribution in [1.29, 1.82) is 0 Å². The van der Waals surface area contributed by atoms with Crippen LogP contribution in [0.2, 0.25) is 18.1 Å². The second-order valence-corrected chi connectivity index (χ2v) is 19.6. The second-order valence-electron chi connectivity index (χ2n) is 12.3. The Balaban J connectivity index is 0.000000261. The van der Waals surface area contributed by atoms with E-state index in [2.05, 4.69) is 57.0 Å². The molecule has 0 bridgehead atoms. The minimum absolute atomic E-state index is 0.207. The zero-order valence-electron chi connectivity index (χ0n) is 27.5. The predicted molar refractivity (Wildman–Crippen MR) is 178 cm³/mol. The van der Waals surface area contributed by atoms with Crippen LogP contribution in [0.25, 0.3) is 0 Å². The summed E-state index contributed by atoms with van der Waals surface area (Å²) >= 11 is 6.15. The third-order valence-electron chi connectivity index (χ3n) is 7.70. The summed E-state index contributed by atoms with van der Waals surface area (Å²) in [5.74, 6) is 0.463. The van der Waals surface area contributed by atoms with E-state index in [4.69, 9.17) is 35.1 Å². The first kappa shape index (κ1) is 39.3. The lowest BCUT2D eigenvalue weighted by Crippen LogP contribution is -2.29. The molecule has 15 heteroatoms. The van der Waals surface area contributed by atoms with Gasteiger partial charge in [-0.25, -0.2) is 9.59 Å². The molecule has 4 heterocycles. The van der Waals surface area contributed by atoms with E-state index in [9.17, 15) is 19.8 Å². The number of aliphatic hydroxyl groups excluding tert-OH is 3. The summed E-state index contributed by atoms with van der Waals surface area (Å²) in [6.45, 7) is 20.2. The highest BCUT2D eigenvalue weighted by molar-refractivity contribution is 7.20. The average Bonchev–Trinajstić information content (AvgIpc) is 3.55. The minimum Gasteiger partial charge on any atom is -0.473 e. The van der Waals surface area contributed by atoms with Gasteiger partial charge in [0, 0.05) is 37.4 Å². The molecule has 258 valence electrons. The van der Waals surface area contributed by atoms with Crippen molar-refractivity contribution in [2.24, 2.45) is 0 Å². The fourth-order valence-electron chi connectivity index (χ4n) is 3.99. The Bertz CT molecular complexity index is 1270. The fraction of sp³-hybridized carbons (Fsp3) is 0.613. The smallest absolute Gasteiger partial charge is 0.352 e. The molecule has 3 N–H and O–H groups in total. The topological polar surface area (TPSA) is 167 Å². The van der Waals surface area contributed by atoms with E-state index in [1.54, 1.807) is 24.4 Å². The van der Waals surface area contributed by atoms with E-state index in [1.807, 2.05) is 6.92 Å². The molecule has 0 radical (unpaired) electrons. The molecular weight excluding hydrogens is 636 g/mol. The van der Waals surface area contributed by atoms with Crippen LogP contribution in [0.3, 0.4) is 0 Å². The summed E-state index contributed by atoms with van der Waals surface area (Å²) in [5.41, 5.74) is -0.979. The zero-order chi connectivity index (χ0) is 34.7. The number of hydrogen-bond acceptors (Lipinski definition) is 11. The molecule has 2 saturated heterocycles. The third kappa shape index (κ3) is 11.4. The first-order valence-electron chi connectivity index (χ1n) is 15.2. The number of rotatable bonds is 10. The third-order valence-corrected chi connectivity index (χ3v) is 13.0. The standard InChI is InChI=1S/C13H18N2O4.C12H16N2O5.C6H15ClSi/c1-3-7-18-11-5-6-15(13(17)14-11)12-8-9(16)10(4-2)19-12;1-2-5-18-10-3-4-14(12(17)13-10)11-6-8(16)9(7-15)19-11;1-6(2,3)8(4,5)7/h3,5-6,9-10,12,16H,1,4,7-8H2,2H3;2-4,8-9,11,15-16H,1,5-7H2;1-5H3. The molecule has 0 aliphatic carbocycles. The summed E-state index contributed by atoms with van der Waals surface area (Å²) in [7, 11) is -1.39. The number of nitrogens with zero attached hydrogens (tertiary/aromatic N) is 4. The van der Waals surface area contributed by atoms with Gasteiger partial charge in [-0.2, -0.15) is 21.0 Å². The van der Waals surface area contributed by atoms with Crippen molar-refractivity contribution in [2.75, 3.05) is 19.8 Å². The Kier molecular flexibility index (Phi) is 15.3. The van der Waals surface area contributed by atoms with E-state index < -0.39 is 49.5 Å². The number of ether oxygens (including phenoxy) is 4. The summed E-state index contributed by atoms with van der Waals surface area (Å²) in [6, 6.07) is 3.13. The summed E-state index contributed by atoms with van der Waals surface area (Å²) < 4.78 is 24.0. The molecule has 2 aliphatic heterocycles. The Morgan fingerprint density at radius 3 is 1.61 bits per heavy atom. The van der Waals surface area contributed by atoms with Crippen LogP contribution in [-0.2, 0) is 9.47 Å². The van der Waals surface area contributed by atoms with Crippen LogP contribution in [0.4, 0.5) is 0 Å². The summed E-state index contributed by atoms with van der Waals surface area (Å²) in [5, 5.41) is 28.7. The maximum atomic E-state index is 11.9. The van der Waals surface area contributed by atoms with Gasteiger partial charge in [0.05, 0.1) is 24.9 Å². The van der Waals surface area contributed by atoms with Crippen molar-refractivity contribution in [3.05, 3.63) is 70.8 Å². The first-order chi connectivity index (χ1) is 21.6. The molecule has 2 aromatic heterocycles. The van der Waals surface area contributed by atoms with Crippen molar-refractivity contribution in [1.82, 2.24) is 19.1 Å². The average molecular weight is 685 g/mol. The predicted octanol–water partition coefficient (Wildman–Crippen LogP) is 3.55. The number of halogens is 1. The molecule has 2 fully saturated rings. The lowest BCUT2D eigenvalue weighted by atomic mass is 10.1. The summed E-state index contributed by atoms with van der Waals surface area (Å²) in [6.07, 6.45) is 4.21. The van der Waals surface area contributed by atoms with Gasteiger partial charge in [-0.05, 0) is 11.5 Å². The highest BCUT2D eigenvalue weighted by Gasteiger charge is 2.36. The Hall–Kier alpha value is -2.85. The molecule has 13 nitrogen and oxygen atoms in total. The van der Waals surface area contributed by atoms with E-state index in [0.717, 1.165) is 0 Å². The highest BCUT2D eigenvalue weighted by Crippen LogP contribution is 2.38. The normalized spacial score (nSPS) is 24.2. The van der Waals surface area contributed by atoms with Crippen LogP contribution in [0, 0.1) is 0 Å². The maximum Gasteiger partial charge on any atom is 0.352 e. The molecule has 6 unspecified atom stereocenters. The van der Waals surface area contributed by atoms with Crippen LogP contribution >= 0.6 is 11.1 Å². The van der Waals surface area contributed by atoms with Crippen molar-refractivity contribution in [3.8, 4) is 11.8 Å². The number of aromatic nitrogens is 4. The van der Waals surface area contributed by atoms with E-state index in [-0.39, 0.29) is 37.5 Å². The van der Waals surface area contributed by atoms with E-state index in [0.29, 0.717) is 24.5 Å². The molecule has 4 rings (SSSR count). The lowest BCUT2D eigenvalue weighted by Gasteiger charge is -2.29. The molecule has 2 aromatic rings. The highest BCUT2D eigenvalue weighted by atomic mass is 35.6. The quantitative estimate of drug-likeness (QED) is 0.190. The van der Waals surface area contributed by atoms with Crippen LogP contribution in [-0.4, -0.2) is 86.0 Å². The van der Waals surface area contributed by atoms with Crippen molar-refractivity contribution < 1.29 is 34.3 Å². The lowest BCUT2D eigenvalue weighted by molar-refractivity contribution is -0.0459. The van der Waals surface area contributed by atoms with Gasteiger partial charge < -0.3 is 34.3 Å². The number of hydrogen-bond donors (Lipinski definition) is 3. The molecule has 0 amide bonds. The van der Waals surface area contributed by atoms with E-state index in [1.165, 1.54) is 21.4 Å². The molecule has 2 aliphatic rings. The molecule has 0 aromatic carbocycles. The molecule has 0 spiro atoms. The van der Waals surface area contributed by atoms with Gasteiger partial charge in [0.25, 0.3) is 0 Å². The largest absolute Gasteiger partial charge is 0.473 e. The van der Waals surface area contributed by atoms with Gasteiger partial charge in [0.2, 0.25) is 11.8 Å². The minimum atomic E-state index is -1.39. The fourth-order valence-corrected chi connectivity index (χ4v) is 3.99. The summed E-state index contributed by atoms with van der Waals surface area (Å²) in [4.78, 5) is 31.2. The van der Waals surface area contributed by atoms with Gasteiger partial charge in [0.1, 0.15) is 31.8 Å². The van der Waals surface area contributed by atoms with E-state index >= 15 is 0 Å². The van der Waals surface area contributed by atoms with Gasteiger partial charge in [-0.15, -0.1) is 0 Å². The number of aliphatic hydroxyl groups is 3. The maximum absolute atomic E-state index is 11.9. The SMILES string of the molecule is C=CCOc1ccn(C2CC(O)C(CC)O2)c(=O)n1.C=CCOc1ccn(C2CC(O)C(CO)O2)c(=O)n1.CC(C)(C)[Si](C)(C)Cl. The molecular formula is C31H49ClN4O9Si. The van der Waals surface area contributed by atoms with Crippen molar-refractivity contribution in [2.45, 2.75) is 102 Å². The van der Waals surface area contributed by atoms with Crippen molar-refractivity contribution >= 4 is 18.5 Å². The first-order valence-corrected chi connectivity index (χ1v) is 19.2. The van der Waals surface area contributed by atoms with Crippen LogP contribution in [0.5, 0.6) is 11.8 Å². The monoisotopic (exact) mass is 684 g/mol. The molecule has 6 atom stereocenters. The Morgan fingerprint density at radius 2 is 1.33 bits per heavy atom. The van der Waals surface area contributed by atoms with Gasteiger partial charge in [-0.1, -0.05) is 66.1 Å².